The summed E-state index contributed by atoms with van der Waals surface area (Å²) in [6, 6.07) is 7.29. The van der Waals surface area contributed by atoms with Gasteiger partial charge >= 0.3 is 0 Å². The Bertz CT molecular complexity index is 505. The van der Waals surface area contributed by atoms with Gasteiger partial charge in [0.05, 0.1) is 6.04 Å². The number of nitrogens with zero attached hydrogens (tertiary/aromatic N) is 1. The van der Waals surface area contributed by atoms with Crippen LogP contribution in [0.2, 0.25) is 0 Å². The van der Waals surface area contributed by atoms with Crippen LogP contribution in [0.1, 0.15) is 43.6 Å². The van der Waals surface area contributed by atoms with Crippen LogP contribution in [0, 0.1) is 11.8 Å². The molecule has 1 heterocycles. The number of benzene rings is 1. The van der Waals surface area contributed by atoms with Gasteiger partial charge < -0.3 is 4.90 Å². The lowest BCUT2D eigenvalue weighted by molar-refractivity contribution is -0.128. The molecule has 0 fully saturated rings. The molecule has 1 aliphatic heterocycles. The van der Waals surface area contributed by atoms with Crippen molar-refractivity contribution in [2.45, 2.75) is 40.3 Å². The monoisotopic (exact) mass is 259 g/mol. The maximum atomic E-state index is 12.4. The summed E-state index contributed by atoms with van der Waals surface area (Å²) in [5.74, 6) is 0.219. The van der Waals surface area contributed by atoms with Crippen molar-refractivity contribution in [3.8, 4) is 0 Å². The molecule has 0 saturated heterocycles. The minimum atomic E-state index is -0.320. The first kappa shape index (κ1) is 13.8. The van der Waals surface area contributed by atoms with Crippen molar-refractivity contribution >= 4 is 11.7 Å². The molecule has 0 aliphatic carbocycles. The van der Waals surface area contributed by atoms with Crippen molar-refractivity contribution in [3.05, 3.63) is 35.4 Å². The number of fused-ring (bicyclic) bond motifs is 1. The van der Waals surface area contributed by atoms with Gasteiger partial charge in [-0.3, -0.25) is 9.59 Å². The summed E-state index contributed by atoms with van der Waals surface area (Å²) in [6.07, 6.45) is 0. The van der Waals surface area contributed by atoms with Gasteiger partial charge in [0.15, 0.2) is 5.78 Å². The molecular weight excluding hydrogens is 238 g/mol. The highest BCUT2D eigenvalue weighted by Gasteiger charge is 2.38. The number of rotatable bonds is 4. The van der Waals surface area contributed by atoms with Gasteiger partial charge in [-0.05, 0) is 17.5 Å². The van der Waals surface area contributed by atoms with Crippen LogP contribution in [0.15, 0.2) is 24.3 Å². The number of amides is 1. The van der Waals surface area contributed by atoms with Crippen molar-refractivity contribution in [2.24, 2.45) is 11.8 Å². The quantitative estimate of drug-likeness (QED) is 0.833. The van der Waals surface area contributed by atoms with Crippen molar-refractivity contribution < 1.29 is 9.59 Å². The summed E-state index contributed by atoms with van der Waals surface area (Å²) in [6.45, 7) is 8.34. The fraction of sp³-hybridized carbons (Fsp3) is 0.500. The van der Waals surface area contributed by atoms with E-state index in [0.717, 1.165) is 11.1 Å². The van der Waals surface area contributed by atoms with Gasteiger partial charge in [0.2, 0.25) is 0 Å². The van der Waals surface area contributed by atoms with Gasteiger partial charge in [0.25, 0.3) is 5.91 Å². The van der Waals surface area contributed by atoms with E-state index in [2.05, 4.69) is 0 Å². The third kappa shape index (κ3) is 2.42. The first-order valence-electron chi connectivity index (χ1n) is 6.86. The van der Waals surface area contributed by atoms with Crippen LogP contribution in [0.3, 0.4) is 0 Å². The van der Waals surface area contributed by atoms with Gasteiger partial charge in [0, 0.05) is 18.0 Å². The number of carbonyl (C=O) groups excluding carboxylic acids is 2. The molecule has 1 aromatic carbocycles. The Balaban J connectivity index is 2.32. The van der Waals surface area contributed by atoms with Crippen molar-refractivity contribution in [1.82, 2.24) is 4.90 Å². The molecule has 0 radical (unpaired) electrons. The zero-order chi connectivity index (χ0) is 14.2. The molecular formula is C16H21NO2. The Morgan fingerprint density at radius 1 is 1.16 bits per heavy atom. The average molecular weight is 259 g/mol. The van der Waals surface area contributed by atoms with Crippen LogP contribution >= 0.6 is 0 Å². The average Bonchev–Trinajstić information content (AvgIpc) is 2.67. The smallest absolute Gasteiger partial charge is 0.255 e. The van der Waals surface area contributed by atoms with E-state index in [1.807, 2.05) is 52.0 Å². The molecule has 0 unspecified atom stereocenters. The van der Waals surface area contributed by atoms with Crippen LogP contribution in [0.5, 0.6) is 0 Å². The van der Waals surface area contributed by atoms with E-state index >= 15 is 0 Å². The Labute approximate surface area is 114 Å². The van der Waals surface area contributed by atoms with Crippen LogP contribution in [0.4, 0.5) is 0 Å². The first-order valence-corrected chi connectivity index (χ1v) is 6.86. The number of Topliss-reactive ketones (excluding diaryl/α,β-unsaturated/α-hetero) is 1. The Morgan fingerprint density at radius 2 is 1.79 bits per heavy atom. The Kier molecular flexibility index (Phi) is 3.74. The Hall–Kier alpha value is -1.64. The molecule has 1 amide bonds. The molecule has 2 rings (SSSR count). The highest BCUT2D eigenvalue weighted by atomic mass is 16.2. The molecule has 0 N–H and O–H groups in total. The topological polar surface area (TPSA) is 37.4 Å². The fourth-order valence-electron chi connectivity index (χ4n) is 2.69. The SMILES string of the molecule is CC(C)C(=O)[C@H](C(C)C)N1Cc2ccccc2C1=O. The molecule has 3 heteroatoms. The van der Waals surface area contributed by atoms with Gasteiger partial charge in [0.1, 0.15) is 0 Å². The summed E-state index contributed by atoms with van der Waals surface area (Å²) in [7, 11) is 0. The minimum absolute atomic E-state index is 0.0108. The molecule has 1 aliphatic rings. The standard InChI is InChI=1S/C16H21NO2/c1-10(2)14(15(18)11(3)4)17-9-12-7-5-6-8-13(12)16(17)19/h5-8,10-11,14H,9H2,1-4H3/t14-/m0/s1. The van der Waals surface area contributed by atoms with E-state index in [1.54, 1.807) is 4.90 Å². The van der Waals surface area contributed by atoms with Gasteiger partial charge in [-0.2, -0.15) is 0 Å². The van der Waals surface area contributed by atoms with Crippen LogP contribution in [-0.2, 0) is 11.3 Å². The van der Waals surface area contributed by atoms with Crippen LogP contribution < -0.4 is 0 Å². The van der Waals surface area contributed by atoms with E-state index < -0.39 is 0 Å². The van der Waals surface area contributed by atoms with Crippen molar-refractivity contribution in [3.63, 3.8) is 0 Å². The maximum absolute atomic E-state index is 12.4. The summed E-state index contributed by atoms with van der Waals surface area (Å²) in [5.41, 5.74) is 1.76. The molecule has 0 saturated carbocycles. The third-order valence-corrected chi connectivity index (χ3v) is 3.68. The summed E-state index contributed by atoms with van der Waals surface area (Å²) < 4.78 is 0. The summed E-state index contributed by atoms with van der Waals surface area (Å²) in [5, 5.41) is 0. The van der Waals surface area contributed by atoms with E-state index in [0.29, 0.717) is 6.54 Å². The second-order valence-corrected chi connectivity index (χ2v) is 5.84. The normalized spacial score (nSPS) is 16.1. The van der Waals surface area contributed by atoms with Crippen LogP contribution in [0.25, 0.3) is 0 Å². The lowest BCUT2D eigenvalue weighted by Gasteiger charge is -2.31. The first-order chi connectivity index (χ1) is 8.93. The number of hydrogen-bond acceptors (Lipinski definition) is 2. The lowest BCUT2D eigenvalue weighted by Crippen LogP contribution is -2.46. The predicted molar refractivity (Wildman–Crippen MR) is 74.8 cm³/mol. The van der Waals surface area contributed by atoms with Gasteiger partial charge in [-0.1, -0.05) is 45.9 Å². The Morgan fingerprint density at radius 3 is 2.32 bits per heavy atom. The van der Waals surface area contributed by atoms with Gasteiger partial charge in [-0.25, -0.2) is 0 Å². The summed E-state index contributed by atoms with van der Waals surface area (Å²) in [4.78, 5) is 26.6. The predicted octanol–water partition coefficient (Wildman–Crippen LogP) is 2.89. The molecule has 1 aromatic rings. The fourth-order valence-corrected chi connectivity index (χ4v) is 2.69. The zero-order valence-corrected chi connectivity index (χ0v) is 12.0. The van der Waals surface area contributed by atoms with E-state index in [-0.39, 0.29) is 29.6 Å². The number of carbonyl (C=O) groups is 2. The molecule has 0 aromatic heterocycles. The molecule has 19 heavy (non-hydrogen) atoms. The van der Waals surface area contributed by atoms with E-state index in [4.69, 9.17) is 0 Å². The minimum Gasteiger partial charge on any atom is -0.324 e. The molecule has 1 atom stereocenters. The molecule has 3 nitrogen and oxygen atoms in total. The van der Waals surface area contributed by atoms with Gasteiger partial charge in [-0.15, -0.1) is 0 Å². The van der Waals surface area contributed by atoms with Crippen LogP contribution in [-0.4, -0.2) is 22.6 Å². The van der Waals surface area contributed by atoms with E-state index in [1.165, 1.54) is 0 Å². The third-order valence-electron chi connectivity index (χ3n) is 3.68. The van der Waals surface area contributed by atoms with Crippen molar-refractivity contribution in [1.29, 1.82) is 0 Å². The number of hydrogen-bond donors (Lipinski definition) is 0. The zero-order valence-electron chi connectivity index (χ0n) is 12.0. The lowest BCUT2D eigenvalue weighted by atomic mass is 9.91. The second kappa shape index (κ2) is 5.16. The maximum Gasteiger partial charge on any atom is 0.255 e. The number of ketones is 1. The van der Waals surface area contributed by atoms with Crippen molar-refractivity contribution in [2.75, 3.05) is 0 Å². The molecule has 0 bridgehead atoms. The second-order valence-electron chi connectivity index (χ2n) is 5.84. The molecule has 0 spiro atoms. The highest BCUT2D eigenvalue weighted by molar-refractivity contribution is 6.01. The highest BCUT2D eigenvalue weighted by Crippen LogP contribution is 2.28. The van der Waals surface area contributed by atoms with E-state index in [9.17, 15) is 9.59 Å². The largest absolute Gasteiger partial charge is 0.324 e. The summed E-state index contributed by atoms with van der Waals surface area (Å²) >= 11 is 0. The molecule has 102 valence electrons.